The molecule has 0 radical (unpaired) electrons. The van der Waals surface area contributed by atoms with Gasteiger partial charge >= 0.3 is 5.97 Å². The van der Waals surface area contributed by atoms with Gasteiger partial charge in [0.25, 0.3) is 5.69 Å². The number of hydrogen-bond acceptors (Lipinski definition) is 5. The van der Waals surface area contributed by atoms with Crippen LogP contribution in [0.5, 0.6) is 5.75 Å². The summed E-state index contributed by atoms with van der Waals surface area (Å²) in [6.07, 6.45) is 1.61. The van der Waals surface area contributed by atoms with Crippen molar-refractivity contribution in [3.8, 4) is 5.75 Å². The number of benzene rings is 1. The van der Waals surface area contributed by atoms with Gasteiger partial charge < -0.3 is 9.84 Å². The Labute approximate surface area is 127 Å². The van der Waals surface area contributed by atoms with Crippen LogP contribution in [0.4, 0.5) is 5.69 Å². The first-order valence-electron chi connectivity index (χ1n) is 5.72. The van der Waals surface area contributed by atoms with Gasteiger partial charge in [0, 0.05) is 22.8 Å². The van der Waals surface area contributed by atoms with Crippen molar-refractivity contribution in [2.75, 3.05) is 0 Å². The van der Waals surface area contributed by atoms with E-state index in [1.165, 1.54) is 6.07 Å². The molecule has 2 aromatic rings. The number of ether oxygens (including phenoxy) is 1. The van der Waals surface area contributed by atoms with Gasteiger partial charge in [0.05, 0.1) is 10.6 Å². The van der Waals surface area contributed by atoms with E-state index in [4.69, 9.17) is 9.84 Å². The summed E-state index contributed by atoms with van der Waals surface area (Å²) in [7, 11) is 0. The molecule has 2 rings (SSSR count). The van der Waals surface area contributed by atoms with Gasteiger partial charge in [-0.2, -0.15) is 0 Å². The van der Waals surface area contributed by atoms with E-state index < -0.39 is 22.1 Å². The maximum absolute atomic E-state index is 11.0. The van der Waals surface area contributed by atoms with Crippen LogP contribution in [0.2, 0.25) is 0 Å². The minimum absolute atomic E-state index is 0.129. The van der Waals surface area contributed by atoms with E-state index in [0.29, 0.717) is 5.69 Å². The number of hydrogen-bond donors (Lipinski definition) is 1. The highest BCUT2D eigenvalue weighted by molar-refractivity contribution is 9.10. The second kappa shape index (κ2) is 6.31. The molecule has 8 heteroatoms. The van der Waals surface area contributed by atoms with Crippen LogP contribution in [-0.2, 0) is 6.61 Å². The molecule has 21 heavy (non-hydrogen) atoms. The molecule has 0 spiro atoms. The highest BCUT2D eigenvalue weighted by atomic mass is 79.9. The Morgan fingerprint density at radius 2 is 2.14 bits per heavy atom. The molecule has 7 nitrogen and oxygen atoms in total. The molecule has 0 saturated carbocycles. The molecule has 1 aromatic carbocycles. The molecular weight excluding hydrogens is 344 g/mol. The highest BCUT2D eigenvalue weighted by Crippen LogP contribution is 2.24. The van der Waals surface area contributed by atoms with Crippen molar-refractivity contribution < 1.29 is 19.6 Å². The Morgan fingerprint density at radius 1 is 1.38 bits per heavy atom. The van der Waals surface area contributed by atoms with Gasteiger partial charge in [-0.05, 0) is 34.1 Å². The fourth-order valence-corrected chi connectivity index (χ4v) is 1.82. The Kier molecular flexibility index (Phi) is 4.49. The molecule has 0 bridgehead atoms. The van der Waals surface area contributed by atoms with Crippen LogP contribution in [0.25, 0.3) is 0 Å². The molecule has 1 N–H and O–H groups in total. The third kappa shape index (κ3) is 3.76. The Morgan fingerprint density at radius 3 is 2.71 bits per heavy atom. The summed E-state index contributed by atoms with van der Waals surface area (Å²) in [6, 6.07) is 7.12. The molecule has 108 valence electrons. The van der Waals surface area contributed by atoms with Gasteiger partial charge in [-0.25, -0.2) is 4.79 Å². The average molecular weight is 353 g/mol. The van der Waals surface area contributed by atoms with Gasteiger partial charge in [0.15, 0.2) is 0 Å². The molecule has 0 aliphatic heterocycles. The molecule has 0 amide bonds. The van der Waals surface area contributed by atoms with Gasteiger partial charge in [0.1, 0.15) is 17.9 Å². The van der Waals surface area contributed by atoms with E-state index in [1.54, 1.807) is 18.3 Å². The van der Waals surface area contributed by atoms with Gasteiger partial charge in [-0.1, -0.05) is 0 Å². The maximum Gasteiger partial charge on any atom is 0.342 e. The summed E-state index contributed by atoms with van der Waals surface area (Å²) in [4.78, 5) is 25.1. The van der Waals surface area contributed by atoms with Crippen molar-refractivity contribution >= 4 is 27.6 Å². The average Bonchev–Trinajstić information content (AvgIpc) is 2.46. The number of nitrogens with zero attached hydrogens (tertiary/aromatic N) is 2. The predicted octanol–water partition coefficient (Wildman–Crippen LogP) is 3.03. The standard InChI is InChI=1S/C13H9BrN2O5/c14-8-1-2-9(15-6-8)7-21-10-3-4-12(16(19)20)11(5-10)13(17)18/h1-6H,7H2,(H,17,18). The van der Waals surface area contributed by atoms with Gasteiger partial charge in [-0.15, -0.1) is 0 Å². The number of halogens is 1. The van der Waals surface area contributed by atoms with Crippen molar-refractivity contribution in [1.82, 2.24) is 4.98 Å². The van der Waals surface area contributed by atoms with Crippen molar-refractivity contribution in [2.24, 2.45) is 0 Å². The molecule has 0 unspecified atom stereocenters. The number of carboxylic acids is 1. The van der Waals surface area contributed by atoms with Crippen LogP contribution >= 0.6 is 15.9 Å². The number of aromatic nitrogens is 1. The van der Waals surface area contributed by atoms with Gasteiger partial charge in [0.2, 0.25) is 0 Å². The highest BCUT2D eigenvalue weighted by Gasteiger charge is 2.20. The molecule has 0 fully saturated rings. The Hall–Kier alpha value is -2.48. The van der Waals surface area contributed by atoms with E-state index in [9.17, 15) is 14.9 Å². The number of nitro benzene ring substituents is 1. The van der Waals surface area contributed by atoms with E-state index in [-0.39, 0.29) is 12.4 Å². The zero-order chi connectivity index (χ0) is 15.4. The van der Waals surface area contributed by atoms with E-state index in [2.05, 4.69) is 20.9 Å². The van der Waals surface area contributed by atoms with Crippen LogP contribution < -0.4 is 4.74 Å². The van der Waals surface area contributed by atoms with Crippen LogP contribution in [0.3, 0.4) is 0 Å². The molecule has 0 aliphatic carbocycles. The van der Waals surface area contributed by atoms with E-state index in [1.807, 2.05) is 0 Å². The molecule has 1 aromatic heterocycles. The maximum atomic E-state index is 11.0. The van der Waals surface area contributed by atoms with Crippen LogP contribution in [0, 0.1) is 10.1 Å². The molecule has 1 heterocycles. The van der Waals surface area contributed by atoms with Crippen molar-refractivity contribution in [1.29, 1.82) is 0 Å². The zero-order valence-corrected chi connectivity index (χ0v) is 12.1. The number of pyridine rings is 1. The van der Waals surface area contributed by atoms with E-state index in [0.717, 1.165) is 16.6 Å². The number of carboxylic acid groups (broad SMARTS) is 1. The summed E-state index contributed by atoms with van der Waals surface area (Å²) < 4.78 is 6.22. The monoisotopic (exact) mass is 352 g/mol. The van der Waals surface area contributed by atoms with Gasteiger partial charge in [-0.3, -0.25) is 15.1 Å². The quantitative estimate of drug-likeness (QED) is 0.655. The lowest BCUT2D eigenvalue weighted by molar-refractivity contribution is -0.385. The predicted molar refractivity (Wildman–Crippen MR) is 76.3 cm³/mol. The van der Waals surface area contributed by atoms with Crippen molar-refractivity contribution in [3.63, 3.8) is 0 Å². The molecule has 0 atom stereocenters. The first kappa shape index (κ1) is 14.9. The van der Waals surface area contributed by atoms with Crippen molar-refractivity contribution in [3.05, 3.63) is 62.4 Å². The number of nitro groups is 1. The van der Waals surface area contributed by atoms with E-state index >= 15 is 0 Å². The first-order chi connectivity index (χ1) is 9.97. The largest absolute Gasteiger partial charge is 0.487 e. The summed E-state index contributed by atoms with van der Waals surface area (Å²) in [6.45, 7) is 0.129. The number of carbonyl (C=O) groups is 1. The number of rotatable bonds is 5. The van der Waals surface area contributed by atoms with Crippen LogP contribution in [0.15, 0.2) is 41.0 Å². The smallest absolute Gasteiger partial charge is 0.342 e. The lowest BCUT2D eigenvalue weighted by Crippen LogP contribution is -2.04. The van der Waals surface area contributed by atoms with Crippen molar-refractivity contribution in [2.45, 2.75) is 6.61 Å². The molecule has 0 aliphatic rings. The fourth-order valence-electron chi connectivity index (χ4n) is 1.58. The Bertz CT molecular complexity index is 687. The molecular formula is C13H9BrN2O5. The summed E-state index contributed by atoms with van der Waals surface area (Å²) in [5.41, 5.74) is -0.244. The van der Waals surface area contributed by atoms with Crippen LogP contribution in [-0.4, -0.2) is 21.0 Å². The number of aromatic carboxylic acids is 1. The zero-order valence-electron chi connectivity index (χ0n) is 10.5. The second-order valence-corrected chi connectivity index (χ2v) is 4.91. The van der Waals surface area contributed by atoms with Crippen LogP contribution in [0.1, 0.15) is 16.1 Å². The third-order valence-electron chi connectivity index (χ3n) is 2.57. The first-order valence-corrected chi connectivity index (χ1v) is 6.51. The lowest BCUT2D eigenvalue weighted by Gasteiger charge is -2.07. The summed E-state index contributed by atoms with van der Waals surface area (Å²) in [5.74, 6) is -1.16. The second-order valence-electron chi connectivity index (χ2n) is 4.00. The summed E-state index contributed by atoms with van der Waals surface area (Å²) >= 11 is 3.26. The SMILES string of the molecule is O=C(O)c1cc(OCc2ccc(Br)cn2)ccc1[N+](=O)[O-]. The topological polar surface area (TPSA) is 103 Å². The lowest BCUT2D eigenvalue weighted by atomic mass is 10.1. The minimum Gasteiger partial charge on any atom is -0.487 e. The third-order valence-corrected chi connectivity index (χ3v) is 3.04. The normalized spacial score (nSPS) is 10.1. The summed E-state index contributed by atoms with van der Waals surface area (Å²) in [5, 5.41) is 19.7. The fraction of sp³-hybridized carbons (Fsp3) is 0.0769. The minimum atomic E-state index is -1.38. The Balaban J connectivity index is 2.17. The molecule has 0 saturated heterocycles.